The largest absolute Gasteiger partial charge is 0.490 e. The minimum Gasteiger partial charge on any atom is -0.490 e. The maximum atomic E-state index is 12.4. The van der Waals surface area contributed by atoms with Crippen molar-refractivity contribution in [2.45, 2.75) is 19.6 Å². The lowest BCUT2D eigenvalue weighted by atomic mass is 9.97. The lowest BCUT2D eigenvalue weighted by molar-refractivity contribution is -0.430. The van der Waals surface area contributed by atoms with E-state index in [0.29, 0.717) is 35.8 Å². The molecule has 0 fully saturated rings. The first kappa shape index (κ1) is 21.9. The van der Waals surface area contributed by atoms with E-state index in [9.17, 15) is 14.9 Å². The van der Waals surface area contributed by atoms with E-state index in [4.69, 9.17) is 9.47 Å². The molecule has 0 saturated carbocycles. The van der Waals surface area contributed by atoms with Gasteiger partial charge in [-0.3, -0.25) is 10.1 Å². The van der Waals surface area contributed by atoms with Crippen LogP contribution >= 0.6 is 0 Å². The topological polar surface area (TPSA) is 103 Å². The monoisotopic (exact) mass is 445 g/mol. The normalized spacial score (nSPS) is 15.4. The fourth-order valence-electron chi connectivity index (χ4n) is 3.65. The average Bonchev–Trinajstić information content (AvgIpc) is 2.84. The van der Waals surface area contributed by atoms with Crippen LogP contribution in [0.5, 0.6) is 11.5 Å². The van der Waals surface area contributed by atoms with Crippen LogP contribution in [0.3, 0.4) is 0 Å². The number of hydrogen-bond acceptors (Lipinski definition) is 5. The molecule has 8 nitrogen and oxygen atoms in total. The number of rotatable bonds is 8. The highest BCUT2D eigenvalue weighted by molar-refractivity contribution is 5.89. The second-order valence-electron chi connectivity index (χ2n) is 7.33. The predicted molar refractivity (Wildman–Crippen MR) is 123 cm³/mol. The van der Waals surface area contributed by atoms with E-state index < -0.39 is 17.0 Å². The molecule has 2 N–H and O–H groups in total. The number of nitro groups is 1. The van der Waals surface area contributed by atoms with E-state index in [1.165, 1.54) is 0 Å². The van der Waals surface area contributed by atoms with Crippen LogP contribution in [-0.4, -0.2) is 17.6 Å². The Morgan fingerprint density at radius 3 is 2.30 bits per heavy atom. The van der Waals surface area contributed by atoms with Crippen LogP contribution in [0.25, 0.3) is 5.70 Å². The van der Waals surface area contributed by atoms with Crippen LogP contribution in [0.2, 0.25) is 0 Å². The number of hydrogen-bond donors (Lipinski definition) is 2. The van der Waals surface area contributed by atoms with Gasteiger partial charge in [-0.15, -0.1) is 0 Å². The summed E-state index contributed by atoms with van der Waals surface area (Å²) >= 11 is 0. The molecule has 1 heterocycles. The number of benzene rings is 3. The first-order chi connectivity index (χ1) is 16.1. The Morgan fingerprint density at radius 1 is 0.939 bits per heavy atom. The van der Waals surface area contributed by atoms with Crippen molar-refractivity contribution in [3.8, 4) is 11.5 Å². The van der Waals surface area contributed by atoms with Crippen molar-refractivity contribution in [1.29, 1.82) is 0 Å². The molecule has 1 aliphatic rings. The minimum absolute atomic E-state index is 0.152. The van der Waals surface area contributed by atoms with E-state index in [1.807, 2.05) is 37.3 Å². The van der Waals surface area contributed by atoms with Crippen molar-refractivity contribution in [2.75, 3.05) is 6.61 Å². The number of ether oxygens (including phenoxy) is 2. The summed E-state index contributed by atoms with van der Waals surface area (Å²) in [6, 6.07) is 22.1. The van der Waals surface area contributed by atoms with Gasteiger partial charge in [0, 0.05) is 5.56 Å². The Balaban J connectivity index is 1.71. The Hall–Kier alpha value is -4.33. The maximum Gasteiger partial charge on any atom is 0.320 e. The van der Waals surface area contributed by atoms with Gasteiger partial charge in [-0.2, -0.15) is 0 Å². The molecule has 4 rings (SSSR count). The van der Waals surface area contributed by atoms with Crippen LogP contribution in [0.15, 0.2) is 84.6 Å². The molecule has 2 amide bonds. The second-order valence-corrected chi connectivity index (χ2v) is 7.33. The van der Waals surface area contributed by atoms with Gasteiger partial charge in [0.15, 0.2) is 11.5 Å². The zero-order valence-electron chi connectivity index (χ0n) is 18.0. The molecule has 0 aromatic heterocycles. The molecule has 33 heavy (non-hydrogen) atoms. The van der Waals surface area contributed by atoms with Crippen molar-refractivity contribution in [3.05, 3.63) is 111 Å². The van der Waals surface area contributed by atoms with Crippen molar-refractivity contribution < 1.29 is 19.2 Å². The van der Waals surface area contributed by atoms with Crippen molar-refractivity contribution in [1.82, 2.24) is 10.6 Å². The van der Waals surface area contributed by atoms with Gasteiger partial charge in [0.05, 0.1) is 11.5 Å². The van der Waals surface area contributed by atoms with Gasteiger partial charge in [0.1, 0.15) is 18.3 Å². The zero-order valence-corrected chi connectivity index (χ0v) is 18.0. The summed E-state index contributed by atoms with van der Waals surface area (Å²) in [6.07, 6.45) is 0. The number of nitrogens with zero attached hydrogens (tertiary/aromatic N) is 1. The Labute approximate surface area is 191 Å². The molecule has 0 saturated heterocycles. The van der Waals surface area contributed by atoms with Gasteiger partial charge < -0.3 is 20.1 Å². The lowest BCUT2D eigenvalue weighted by Gasteiger charge is -2.25. The SMILES string of the molecule is CCOc1cc(C2NC(=O)NC(c3ccccc3)=C2[N+](=O)[O-])ccc1OCc1ccccc1. The summed E-state index contributed by atoms with van der Waals surface area (Å²) in [6.45, 7) is 2.58. The quantitative estimate of drug-likeness (QED) is 0.388. The summed E-state index contributed by atoms with van der Waals surface area (Å²) in [7, 11) is 0. The lowest BCUT2D eigenvalue weighted by Crippen LogP contribution is -2.45. The summed E-state index contributed by atoms with van der Waals surface area (Å²) < 4.78 is 11.7. The molecule has 0 radical (unpaired) electrons. The summed E-state index contributed by atoms with van der Waals surface area (Å²) in [5, 5.41) is 17.3. The molecular weight excluding hydrogens is 422 g/mol. The molecule has 0 spiro atoms. The van der Waals surface area contributed by atoms with Crippen LogP contribution in [0.4, 0.5) is 4.79 Å². The standard InChI is InChI=1S/C25H23N3O5/c1-2-32-21-15-19(13-14-20(21)33-16-17-9-5-3-6-10-17)23-24(28(30)31)22(26-25(29)27-23)18-11-7-4-8-12-18/h3-15,23H,2,16H2,1H3,(H2,26,27,29). The van der Waals surface area contributed by atoms with Gasteiger partial charge in [0.25, 0.3) is 5.70 Å². The predicted octanol–water partition coefficient (Wildman–Crippen LogP) is 4.66. The molecule has 8 heteroatoms. The maximum absolute atomic E-state index is 12.4. The molecule has 1 atom stereocenters. The number of carbonyl (C=O) groups is 1. The van der Waals surface area contributed by atoms with Gasteiger partial charge in [0.2, 0.25) is 0 Å². The first-order valence-corrected chi connectivity index (χ1v) is 10.5. The number of nitrogens with one attached hydrogen (secondary N) is 2. The zero-order chi connectivity index (χ0) is 23.2. The van der Waals surface area contributed by atoms with E-state index in [1.54, 1.807) is 48.5 Å². The molecule has 168 valence electrons. The smallest absolute Gasteiger partial charge is 0.320 e. The van der Waals surface area contributed by atoms with E-state index in [-0.39, 0.29) is 11.4 Å². The molecular formula is C25H23N3O5. The van der Waals surface area contributed by atoms with Crippen LogP contribution in [-0.2, 0) is 6.61 Å². The molecule has 0 aliphatic carbocycles. The Bertz CT molecular complexity index is 1180. The minimum atomic E-state index is -0.966. The number of amides is 2. The van der Waals surface area contributed by atoms with Crippen molar-refractivity contribution in [2.24, 2.45) is 0 Å². The molecule has 3 aromatic carbocycles. The first-order valence-electron chi connectivity index (χ1n) is 10.5. The third-order valence-electron chi connectivity index (χ3n) is 5.14. The van der Waals surface area contributed by atoms with Gasteiger partial charge in [-0.05, 0) is 30.2 Å². The highest BCUT2D eigenvalue weighted by Gasteiger charge is 2.38. The second kappa shape index (κ2) is 9.86. The van der Waals surface area contributed by atoms with Gasteiger partial charge in [-0.25, -0.2) is 4.79 Å². The van der Waals surface area contributed by atoms with Crippen LogP contribution in [0, 0.1) is 10.1 Å². The Morgan fingerprint density at radius 2 is 1.64 bits per heavy atom. The summed E-state index contributed by atoms with van der Waals surface area (Å²) in [4.78, 5) is 24.0. The van der Waals surface area contributed by atoms with E-state index >= 15 is 0 Å². The summed E-state index contributed by atoms with van der Waals surface area (Å²) in [5.41, 5.74) is 2.08. The van der Waals surface area contributed by atoms with Gasteiger partial charge in [-0.1, -0.05) is 66.7 Å². The van der Waals surface area contributed by atoms with Crippen LogP contribution in [0.1, 0.15) is 29.7 Å². The summed E-state index contributed by atoms with van der Waals surface area (Å²) in [5.74, 6) is 0.960. The Kier molecular flexibility index (Phi) is 6.54. The third kappa shape index (κ3) is 4.95. The van der Waals surface area contributed by atoms with Gasteiger partial charge >= 0.3 is 6.03 Å². The van der Waals surface area contributed by atoms with E-state index in [0.717, 1.165) is 5.56 Å². The van der Waals surface area contributed by atoms with Crippen molar-refractivity contribution >= 4 is 11.7 Å². The highest BCUT2D eigenvalue weighted by atomic mass is 16.6. The molecule has 1 unspecified atom stereocenters. The molecule has 1 aliphatic heterocycles. The third-order valence-corrected chi connectivity index (χ3v) is 5.14. The van der Waals surface area contributed by atoms with Crippen LogP contribution < -0.4 is 20.1 Å². The van der Waals surface area contributed by atoms with Crippen molar-refractivity contribution in [3.63, 3.8) is 0 Å². The highest BCUT2D eigenvalue weighted by Crippen LogP contribution is 2.36. The molecule has 3 aromatic rings. The fourth-order valence-corrected chi connectivity index (χ4v) is 3.65. The average molecular weight is 445 g/mol. The van der Waals surface area contributed by atoms with E-state index in [2.05, 4.69) is 10.6 Å². The number of urea groups is 1. The molecule has 0 bridgehead atoms. The fraction of sp³-hybridized carbons (Fsp3) is 0.160. The number of carbonyl (C=O) groups excluding carboxylic acids is 1.